The number of thiazole rings is 1. The van der Waals surface area contributed by atoms with Crippen molar-refractivity contribution in [3.8, 4) is 0 Å². The van der Waals surface area contributed by atoms with E-state index in [0.29, 0.717) is 17.0 Å². The molecule has 1 amide bonds. The van der Waals surface area contributed by atoms with E-state index in [4.69, 9.17) is 0 Å². The minimum atomic E-state index is -4.95. The van der Waals surface area contributed by atoms with Gasteiger partial charge in [0.2, 0.25) is 11.5 Å². The molecule has 1 heterocycles. The van der Waals surface area contributed by atoms with Crippen molar-refractivity contribution in [1.29, 1.82) is 0 Å². The molecule has 0 saturated carbocycles. The molecule has 2 N–H and O–H groups in total. The Hall–Kier alpha value is -1.15. The largest absolute Gasteiger partial charge is 0.424 e. The van der Waals surface area contributed by atoms with Crippen LogP contribution in [-0.2, 0) is 10.4 Å². The number of aryl methyl sites for hydroxylation is 1. The number of alkyl halides is 3. The number of nitrogens with zero attached hydrogens (tertiary/aromatic N) is 1. The standard InChI is InChI=1S/C9H11F3N2O2S/c1-5-4-17-7(14-5)8(16,9(10,11)12)3-6(15)13-2/h4,16H,3H2,1-2H3,(H,13,15). The Balaban J connectivity index is 3.15. The molecule has 0 spiro atoms. The highest BCUT2D eigenvalue weighted by molar-refractivity contribution is 7.09. The summed E-state index contributed by atoms with van der Waals surface area (Å²) in [5.74, 6) is -0.905. The summed E-state index contributed by atoms with van der Waals surface area (Å²) < 4.78 is 38.5. The zero-order valence-corrected chi connectivity index (χ0v) is 9.95. The number of amides is 1. The number of hydrogen-bond acceptors (Lipinski definition) is 4. The molecule has 1 aromatic rings. The van der Waals surface area contributed by atoms with Gasteiger partial charge in [0.05, 0.1) is 6.42 Å². The molecule has 1 atom stereocenters. The van der Waals surface area contributed by atoms with E-state index in [9.17, 15) is 23.1 Å². The number of rotatable bonds is 3. The van der Waals surface area contributed by atoms with Gasteiger partial charge in [0.1, 0.15) is 5.01 Å². The van der Waals surface area contributed by atoms with Crippen molar-refractivity contribution in [2.24, 2.45) is 0 Å². The predicted octanol–water partition coefficient (Wildman–Crippen LogP) is 1.34. The topological polar surface area (TPSA) is 62.2 Å². The van der Waals surface area contributed by atoms with E-state index < -0.39 is 29.1 Å². The second kappa shape index (κ2) is 4.61. The van der Waals surface area contributed by atoms with Gasteiger partial charge in [-0.05, 0) is 6.92 Å². The van der Waals surface area contributed by atoms with Crippen LogP contribution < -0.4 is 5.32 Å². The van der Waals surface area contributed by atoms with Gasteiger partial charge in [-0.25, -0.2) is 4.98 Å². The first kappa shape index (κ1) is 13.9. The normalized spacial score (nSPS) is 15.4. The Bertz CT molecular complexity index is 419. The molecular weight excluding hydrogens is 257 g/mol. The van der Waals surface area contributed by atoms with E-state index in [0.717, 1.165) is 0 Å². The maximum atomic E-state index is 12.8. The average molecular weight is 268 g/mol. The zero-order valence-electron chi connectivity index (χ0n) is 9.13. The van der Waals surface area contributed by atoms with Crippen molar-refractivity contribution in [1.82, 2.24) is 10.3 Å². The molecular formula is C9H11F3N2O2S. The van der Waals surface area contributed by atoms with Gasteiger partial charge in [-0.3, -0.25) is 4.79 Å². The lowest BCUT2D eigenvalue weighted by molar-refractivity contribution is -0.267. The number of nitrogens with one attached hydrogen (secondary N) is 1. The number of hydrogen-bond donors (Lipinski definition) is 2. The summed E-state index contributed by atoms with van der Waals surface area (Å²) >= 11 is 0.675. The fourth-order valence-electron chi connectivity index (χ4n) is 1.16. The summed E-state index contributed by atoms with van der Waals surface area (Å²) in [7, 11) is 1.20. The molecule has 1 rings (SSSR count). The van der Waals surface area contributed by atoms with Crippen LogP contribution >= 0.6 is 11.3 Å². The maximum absolute atomic E-state index is 12.8. The van der Waals surface area contributed by atoms with Crippen LogP contribution in [0.15, 0.2) is 5.38 Å². The fraction of sp³-hybridized carbons (Fsp3) is 0.556. The smallest absolute Gasteiger partial charge is 0.374 e. The van der Waals surface area contributed by atoms with E-state index in [-0.39, 0.29) is 0 Å². The first-order valence-electron chi connectivity index (χ1n) is 4.63. The van der Waals surface area contributed by atoms with Crippen molar-refractivity contribution in [3.05, 3.63) is 16.1 Å². The average Bonchev–Trinajstić information content (AvgIpc) is 2.63. The molecule has 0 saturated heterocycles. The minimum absolute atomic E-state index is 0.365. The Morgan fingerprint density at radius 3 is 2.53 bits per heavy atom. The predicted molar refractivity (Wildman–Crippen MR) is 55.5 cm³/mol. The van der Waals surface area contributed by atoms with Crippen molar-refractivity contribution in [3.63, 3.8) is 0 Å². The summed E-state index contributed by atoms with van der Waals surface area (Å²) in [6.45, 7) is 1.51. The van der Waals surface area contributed by atoms with Crippen molar-refractivity contribution in [2.75, 3.05) is 7.05 Å². The lowest BCUT2D eigenvalue weighted by Crippen LogP contribution is -2.45. The minimum Gasteiger partial charge on any atom is -0.374 e. The number of aliphatic hydroxyl groups is 1. The van der Waals surface area contributed by atoms with Crippen molar-refractivity contribution < 1.29 is 23.1 Å². The van der Waals surface area contributed by atoms with Gasteiger partial charge in [-0.2, -0.15) is 13.2 Å². The molecule has 0 aliphatic carbocycles. The SMILES string of the molecule is CNC(=O)CC(O)(c1nc(C)cs1)C(F)(F)F. The van der Waals surface area contributed by atoms with Gasteiger partial charge in [0.15, 0.2) is 0 Å². The summed E-state index contributed by atoms with van der Waals surface area (Å²) in [6, 6.07) is 0. The third-order valence-corrected chi connectivity index (χ3v) is 3.25. The molecule has 0 fully saturated rings. The number of carbonyl (C=O) groups is 1. The van der Waals surface area contributed by atoms with Crippen LogP contribution in [0.4, 0.5) is 13.2 Å². The summed E-state index contributed by atoms with van der Waals surface area (Å²) in [4.78, 5) is 14.7. The molecule has 96 valence electrons. The second-order valence-electron chi connectivity index (χ2n) is 3.50. The van der Waals surface area contributed by atoms with E-state index in [1.807, 2.05) is 5.32 Å². The van der Waals surface area contributed by atoms with Gasteiger partial charge in [0, 0.05) is 18.1 Å². The monoisotopic (exact) mass is 268 g/mol. The molecule has 0 bridgehead atoms. The molecule has 0 aromatic carbocycles. The van der Waals surface area contributed by atoms with E-state index in [1.165, 1.54) is 19.4 Å². The third-order valence-electron chi connectivity index (χ3n) is 2.14. The zero-order chi connectivity index (χ0) is 13.3. The number of carbonyl (C=O) groups excluding carboxylic acids is 1. The van der Waals surface area contributed by atoms with Gasteiger partial charge in [-0.1, -0.05) is 0 Å². The molecule has 17 heavy (non-hydrogen) atoms. The van der Waals surface area contributed by atoms with Crippen LogP contribution in [0.2, 0.25) is 0 Å². The first-order valence-corrected chi connectivity index (χ1v) is 5.51. The van der Waals surface area contributed by atoms with Crippen LogP contribution in [0.3, 0.4) is 0 Å². The molecule has 1 unspecified atom stereocenters. The molecule has 8 heteroatoms. The van der Waals surface area contributed by atoms with Gasteiger partial charge < -0.3 is 10.4 Å². The van der Waals surface area contributed by atoms with Crippen LogP contribution in [0.5, 0.6) is 0 Å². The number of aromatic nitrogens is 1. The summed E-state index contributed by atoms with van der Waals surface area (Å²) in [5.41, 5.74) is -2.86. The van der Waals surface area contributed by atoms with E-state index in [1.54, 1.807) is 0 Å². The molecule has 0 radical (unpaired) electrons. The Labute approximate surface area is 99.5 Å². The first-order chi connectivity index (χ1) is 7.70. The van der Waals surface area contributed by atoms with Crippen LogP contribution in [0, 0.1) is 6.92 Å². The Morgan fingerprint density at radius 2 is 2.18 bits per heavy atom. The van der Waals surface area contributed by atoms with Gasteiger partial charge in [-0.15, -0.1) is 11.3 Å². The van der Waals surface area contributed by atoms with Crippen LogP contribution in [-0.4, -0.2) is 29.2 Å². The van der Waals surface area contributed by atoms with Gasteiger partial charge >= 0.3 is 6.18 Å². The summed E-state index contributed by atoms with van der Waals surface area (Å²) in [5, 5.41) is 12.6. The molecule has 1 aromatic heterocycles. The molecule has 0 aliphatic heterocycles. The van der Waals surface area contributed by atoms with Crippen LogP contribution in [0.25, 0.3) is 0 Å². The Morgan fingerprint density at radius 1 is 1.59 bits per heavy atom. The summed E-state index contributed by atoms with van der Waals surface area (Å²) in [6.07, 6.45) is -6.05. The lowest BCUT2D eigenvalue weighted by Gasteiger charge is -2.27. The fourth-order valence-corrected chi connectivity index (χ4v) is 2.08. The highest BCUT2D eigenvalue weighted by Crippen LogP contribution is 2.42. The third kappa shape index (κ3) is 2.75. The van der Waals surface area contributed by atoms with Crippen molar-refractivity contribution >= 4 is 17.2 Å². The van der Waals surface area contributed by atoms with Crippen LogP contribution in [0.1, 0.15) is 17.1 Å². The van der Waals surface area contributed by atoms with E-state index in [2.05, 4.69) is 4.98 Å². The highest BCUT2D eigenvalue weighted by atomic mass is 32.1. The van der Waals surface area contributed by atoms with Gasteiger partial charge in [0.25, 0.3) is 0 Å². The Kier molecular flexibility index (Phi) is 3.78. The van der Waals surface area contributed by atoms with Crippen molar-refractivity contribution in [2.45, 2.75) is 25.1 Å². The highest BCUT2D eigenvalue weighted by Gasteiger charge is 2.58. The maximum Gasteiger partial charge on any atom is 0.424 e. The molecule has 4 nitrogen and oxygen atoms in total. The molecule has 0 aliphatic rings. The lowest BCUT2D eigenvalue weighted by atomic mass is 9.99. The van der Waals surface area contributed by atoms with E-state index >= 15 is 0 Å². The number of halogens is 3. The second-order valence-corrected chi connectivity index (χ2v) is 4.36. The quantitative estimate of drug-likeness (QED) is 0.869.